The minimum absolute atomic E-state index is 0.256. The van der Waals surface area contributed by atoms with Crippen molar-refractivity contribution in [2.75, 3.05) is 0 Å². The van der Waals surface area contributed by atoms with Crippen LogP contribution in [0.1, 0.15) is 63.1 Å². The van der Waals surface area contributed by atoms with Crippen molar-refractivity contribution in [2.24, 2.45) is 10.8 Å². The number of carboxylic acid groups (broad SMARTS) is 1. The lowest BCUT2D eigenvalue weighted by Gasteiger charge is -2.45. The van der Waals surface area contributed by atoms with E-state index >= 15 is 0 Å². The number of rotatable bonds is 4. The molecule has 0 unspecified atom stereocenters. The maximum absolute atomic E-state index is 11.1. The van der Waals surface area contributed by atoms with Crippen molar-refractivity contribution in [3.8, 4) is 0 Å². The molecule has 0 saturated heterocycles. The predicted molar refractivity (Wildman–Crippen MR) is 77.7 cm³/mol. The van der Waals surface area contributed by atoms with E-state index in [9.17, 15) is 4.79 Å². The zero-order valence-electron chi connectivity index (χ0n) is 12.8. The van der Waals surface area contributed by atoms with Gasteiger partial charge in [0.25, 0.3) is 0 Å². The number of aromatic carboxylic acids is 1. The fraction of sp³-hybridized carbons (Fsp3) is 0.688. The van der Waals surface area contributed by atoms with Gasteiger partial charge in [-0.3, -0.25) is 0 Å². The summed E-state index contributed by atoms with van der Waals surface area (Å²) in [6.07, 6.45) is 4.88. The van der Waals surface area contributed by atoms with Gasteiger partial charge in [0.15, 0.2) is 0 Å². The van der Waals surface area contributed by atoms with Crippen LogP contribution in [0.2, 0.25) is 0 Å². The molecule has 0 radical (unpaired) electrons. The number of carbonyl (C=O) groups is 1. The van der Waals surface area contributed by atoms with Crippen LogP contribution in [0.15, 0.2) is 16.7 Å². The van der Waals surface area contributed by atoms with E-state index in [2.05, 4.69) is 33.0 Å². The molecule has 0 aliphatic heterocycles. The minimum atomic E-state index is -0.931. The van der Waals surface area contributed by atoms with Crippen LogP contribution in [0.25, 0.3) is 0 Å². The molecule has 4 nitrogen and oxygen atoms in total. The van der Waals surface area contributed by atoms with E-state index in [1.807, 2.05) is 0 Å². The quantitative estimate of drug-likeness (QED) is 0.882. The molecular formula is C16H25NO3. The first kappa shape index (κ1) is 15.1. The second-order valence-corrected chi connectivity index (χ2v) is 7.55. The topological polar surface area (TPSA) is 62.5 Å². The summed E-state index contributed by atoms with van der Waals surface area (Å²) in [6.45, 7) is 9.69. The van der Waals surface area contributed by atoms with Gasteiger partial charge < -0.3 is 14.8 Å². The number of carboxylic acids is 1. The van der Waals surface area contributed by atoms with Gasteiger partial charge in [0.05, 0.1) is 12.8 Å². The van der Waals surface area contributed by atoms with Crippen molar-refractivity contribution in [2.45, 2.75) is 59.5 Å². The van der Waals surface area contributed by atoms with Gasteiger partial charge in [-0.05, 0) is 36.2 Å². The zero-order chi connectivity index (χ0) is 15.0. The second-order valence-electron chi connectivity index (χ2n) is 7.55. The third-order valence-corrected chi connectivity index (χ3v) is 4.08. The molecule has 0 atom stereocenters. The molecule has 112 valence electrons. The normalized spacial score (nSPS) is 21.8. The van der Waals surface area contributed by atoms with Crippen LogP contribution in [0.5, 0.6) is 0 Å². The average molecular weight is 279 g/mol. The number of hydrogen-bond acceptors (Lipinski definition) is 3. The highest BCUT2D eigenvalue weighted by Crippen LogP contribution is 2.45. The Hall–Kier alpha value is -1.29. The molecule has 0 spiro atoms. The molecule has 4 heteroatoms. The first-order valence-corrected chi connectivity index (χ1v) is 7.22. The molecule has 0 bridgehead atoms. The number of furan rings is 1. The summed E-state index contributed by atoms with van der Waals surface area (Å²) in [5, 5.41) is 12.5. The summed E-state index contributed by atoms with van der Waals surface area (Å²) in [7, 11) is 0. The monoisotopic (exact) mass is 279 g/mol. The van der Waals surface area contributed by atoms with E-state index in [0.717, 1.165) is 12.8 Å². The summed E-state index contributed by atoms with van der Waals surface area (Å²) in [4.78, 5) is 11.1. The van der Waals surface area contributed by atoms with Gasteiger partial charge in [-0.1, -0.05) is 27.7 Å². The Balaban J connectivity index is 2.00. The van der Waals surface area contributed by atoms with Crippen molar-refractivity contribution in [1.29, 1.82) is 0 Å². The van der Waals surface area contributed by atoms with Crippen LogP contribution < -0.4 is 5.32 Å². The Kier molecular flexibility index (Phi) is 3.96. The van der Waals surface area contributed by atoms with Gasteiger partial charge in [0.2, 0.25) is 0 Å². The van der Waals surface area contributed by atoms with Gasteiger partial charge in [-0.25, -0.2) is 4.79 Å². The lowest BCUT2D eigenvalue weighted by Crippen LogP contribution is -2.43. The summed E-state index contributed by atoms with van der Waals surface area (Å²) in [5.41, 5.74) is 0.892. The Morgan fingerprint density at radius 3 is 2.50 bits per heavy atom. The van der Waals surface area contributed by atoms with Gasteiger partial charge in [-0.15, -0.1) is 0 Å². The second kappa shape index (κ2) is 5.24. The molecule has 1 aliphatic rings. The molecule has 1 heterocycles. The van der Waals surface area contributed by atoms with E-state index < -0.39 is 5.97 Å². The Labute approximate surface area is 120 Å². The number of nitrogens with one attached hydrogen (secondary N) is 1. The minimum Gasteiger partial charge on any atom is -0.478 e. The van der Waals surface area contributed by atoms with Crippen LogP contribution in [0.4, 0.5) is 0 Å². The molecule has 1 aliphatic carbocycles. The number of hydrogen-bond donors (Lipinski definition) is 2. The highest BCUT2D eigenvalue weighted by Gasteiger charge is 2.38. The molecule has 2 N–H and O–H groups in total. The zero-order valence-corrected chi connectivity index (χ0v) is 12.8. The largest absolute Gasteiger partial charge is 0.478 e. The standard InChI is InChI=1S/C16H25NO3/c1-15(2)7-11(8-16(3,4)10-15)17-9-13-12(14(18)19)5-6-20-13/h5-6,11,17H,7-10H2,1-4H3,(H,18,19). The van der Waals surface area contributed by atoms with Crippen LogP contribution in [-0.2, 0) is 6.54 Å². The Bertz CT molecular complexity index is 472. The molecular weight excluding hydrogens is 254 g/mol. The molecule has 2 rings (SSSR count). The highest BCUT2D eigenvalue weighted by molar-refractivity contribution is 5.88. The third-order valence-electron chi connectivity index (χ3n) is 4.08. The lowest BCUT2D eigenvalue weighted by molar-refractivity contribution is 0.0690. The van der Waals surface area contributed by atoms with E-state index in [1.165, 1.54) is 18.8 Å². The first-order chi connectivity index (χ1) is 9.19. The van der Waals surface area contributed by atoms with Gasteiger partial charge in [0, 0.05) is 6.04 Å². The van der Waals surface area contributed by atoms with E-state index in [4.69, 9.17) is 9.52 Å². The summed E-state index contributed by atoms with van der Waals surface area (Å²) < 4.78 is 5.28. The highest BCUT2D eigenvalue weighted by atomic mass is 16.4. The van der Waals surface area contributed by atoms with Crippen LogP contribution in [0, 0.1) is 10.8 Å². The van der Waals surface area contributed by atoms with Gasteiger partial charge in [-0.2, -0.15) is 0 Å². The van der Waals surface area contributed by atoms with Crippen molar-refractivity contribution in [3.63, 3.8) is 0 Å². The van der Waals surface area contributed by atoms with Crippen molar-refractivity contribution >= 4 is 5.97 Å². The van der Waals surface area contributed by atoms with E-state index in [-0.39, 0.29) is 5.56 Å². The molecule has 1 aromatic heterocycles. The summed E-state index contributed by atoms with van der Waals surface area (Å²) in [5.74, 6) is -0.418. The molecule has 0 amide bonds. The van der Waals surface area contributed by atoms with E-state index in [0.29, 0.717) is 29.2 Å². The maximum atomic E-state index is 11.1. The Morgan fingerprint density at radius 2 is 1.95 bits per heavy atom. The molecule has 1 saturated carbocycles. The van der Waals surface area contributed by atoms with Gasteiger partial charge >= 0.3 is 5.97 Å². The predicted octanol–water partition coefficient (Wildman–Crippen LogP) is 3.67. The van der Waals surface area contributed by atoms with Crippen LogP contribution in [-0.4, -0.2) is 17.1 Å². The van der Waals surface area contributed by atoms with E-state index in [1.54, 1.807) is 0 Å². The fourth-order valence-corrected chi connectivity index (χ4v) is 3.90. The molecule has 0 aromatic carbocycles. The summed E-state index contributed by atoms with van der Waals surface area (Å²) >= 11 is 0. The average Bonchev–Trinajstić information content (AvgIpc) is 2.69. The molecule has 1 aromatic rings. The third kappa shape index (κ3) is 3.63. The maximum Gasteiger partial charge on any atom is 0.339 e. The van der Waals surface area contributed by atoms with Crippen molar-refractivity contribution < 1.29 is 14.3 Å². The molecule has 1 fully saturated rings. The smallest absolute Gasteiger partial charge is 0.339 e. The fourth-order valence-electron chi connectivity index (χ4n) is 3.90. The van der Waals surface area contributed by atoms with Crippen LogP contribution in [0.3, 0.4) is 0 Å². The summed E-state index contributed by atoms with van der Waals surface area (Å²) in [6, 6.07) is 1.91. The SMILES string of the molecule is CC1(C)CC(NCc2occc2C(=O)O)CC(C)(C)C1. The van der Waals surface area contributed by atoms with Crippen molar-refractivity contribution in [1.82, 2.24) is 5.32 Å². The van der Waals surface area contributed by atoms with Crippen LogP contribution >= 0.6 is 0 Å². The first-order valence-electron chi connectivity index (χ1n) is 7.22. The van der Waals surface area contributed by atoms with Gasteiger partial charge in [0.1, 0.15) is 11.3 Å². The molecule has 20 heavy (non-hydrogen) atoms. The Morgan fingerprint density at radius 1 is 1.35 bits per heavy atom. The lowest BCUT2D eigenvalue weighted by atomic mass is 9.63. The van der Waals surface area contributed by atoms with Crippen molar-refractivity contribution in [3.05, 3.63) is 23.7 Å².